The SMILES string of the molecule is O=C(CSc1nnc(-c2ccc(F)cc2)o1)N1CCCCCC1. The second-order valence-corrected chi connectivity index (χ2v) is 6.39. The number of hydrogen-bond donors (Lipinski definition) is 0. The van der Waals surface area contributed by atoms with Gasteiger partial charge < -0.3 is 9.32 Å². The van der Waals surface area contributed by atoms with Gasteiger partial charge in [0.15, 0.2) is 0 Å². The molecule has 2 heterocycles. The molecule has 7 heteroatoms. The Kier molecular flexibility index (Phi) is 5.27. The molecule has 5 nitrogen and oxygen atoms in total. The third-order valence-corrected chi connectivity index (χ3v) is 4.58. The molecule has 1 fully saturated rings. The molecule has 1 aliphatic rings. The van der Waals surface area contributed by atoms with Crippen molar-refractivity contribution in [3.8, 4) is 11.5 Å². The number of amides is 1. The summed E-state index contributed by atoms with van der Waals surface area (Å²) in [5.74, 6) is 0.421. The van der Waals surface area contributed by atoms with Crippen molar-refractivity contribution in [1.82, 2.24) is 15.1 Å². The summed E-state index contributed by atoms with van der Waals surface area (Å²) in [7, 11) is 0. The van der Waals surface area contributed by atoms with Gasteiger partial charge in [-0.1, -0.05) is 24.6 Å². The molecule has 1 amide bonds. The van der Waals surface area contributed by atoms with E-state index in [0.717, 1.165) is 25.9 Å². The third kappa shape index (κ3) is 4.31. The lowest BCUT2D eigenvalue weighted by Crippen LogP contribution is -2.33. The van der Waals surface area contributed by atoms with E-state index in [0.29, 0.717) is 22.4 Å². The zero-order chi connectivity index (χ0) is 16.1. The van der Waals surface area contributed by atoms with E-state index in [1.165, 1.54) is 36.7 Å². The van der Waals surface area contributed by atoms with Crippen LogP contribution in [0.15, 0.2) is 33.9 Å². The van der Waals surface area contributed by atoms with Gasteiger partial charge in [0.1, 0.15) is 5.82 Å². The smallest absolute Gasteiger partial charge is 0.277 e. The van der Waals surface area contributed by atoms with Crippen LogP contribution in [0.1, 0.15) is 25.7 Å². The number of benzene rings is 1. The van der Waals surface area contributed by atoms with Crippen LogP contribution in [0.2, 0.25) is 0 Å². The molecule has 0 aliphatic carbocycles. The Morgan fingerprint density at radius 3 is 2.52 bits per heavy atom. The van der Waals surface area contributed by atoms with Crippen LogP contribution in [-0.2, 0) is 4.79 Å². The maximum absolute atomic E-state index is 12.9. The van der Waals surface area contributed by atoms with Gasteiger partial charge in [-0.05, 0) is 37.1 Å². The summed E-state index contributed by atoms with van der Waals surface area (Å²) in [6.07, 6.45) is 4.54. The molecule has 122 valence electrons. The Hall–Kier alpha value is -1.89. The van der Waals surface area contributed by atoms with Gasteiger partial charge in [0, 0.05) is 18.7 Å². The molecule has 0 saturated carbocycles. The monoisotopic (exact) mass is 335 g/mol. The van der Waals surface area contributed by atoms with E-state index in [1.54, 1.807) is 12.1 Å². The number of carbonyl (C=O) groups is 1. The van der Waals surface area contributed by atoms with E-state index < -0.39 is 0 Å². The standard InChI is InChI=1S/C16H18FN3O2S/c17-13-7-5-12(6-8-13)15-18-19-16(22-15)23-11-14(21)20-9-3-1-2-4-10-20/h5-8H,1-4,9-11H2. The summed E-state index contributed by atoms with van der Waals surface area (Å²) < 4.78 is 18.4. The van der Waals surface area contributed by atoms with Crippen molar-refractivity contribution < 1.29 is 13.6 Å². The van der Waals surface area contributed by atoms with Crippen molar-refractivity contribution in [2.24, 2.45) is 0 Å². The van der Waals surface area contributed by atoms with Gasteiger partial charge in [-0.2, -0.15) is 0 Å². The van der Waals surface area contributed by atoms with E-state index >= 15 is 0 Å². The highest BCUT2D eigenvalue weighted by atomic mass is 32.2. The lowest BCUT2D eigenvalue weighted by Gasteiger charge is -2.19. The Morgan fingerprint density at radius 2 is 1.83 bits per heavy atom. The van der Waals surface area contributed by atoms with Crippen molar-refractivity contribution >= 4 is 17.7 Å². The maximum Gasteiger partial charge on any atom is 0.277 e. The Bertz CT molecular complexity index is 652. The highest BCUT2D eigenvalue weighted by Gasteiger charge is 2.17. The summed E-state index contributed by atoms with van der Waals surface area (Å²) in [5, 5.41) is 8.22. The van der Waals surface area contributed by atoms with Gasteiger partial charge >= 0.3 is 0 Å². The molecule has 0 radical (unpaired) electrons. The van der Waals surface area contributed by atoms with E-state index in [4.69, 9.17) is 4.42 Å². The summed E-state index contributed by atoms with van der Waals surface area (Å²) >= 11 is 1.24. The van der Waals surface area contributed by atoms with Crippen molar-refractivity contribution in [1.29, 1.82) is 0 Å². The number of thioether (sulfide) groups is 1. The third-order valence-electron chi connectivity index (χ3n) is 3.78. The predicted octanol–water partition coefficient (Wildman–Crippen LogP) is 3.37. The van der Waals surface area contributed by atoms with Crippen LogP contribution in [0.25, 0.3) is 11.5 Å². The number of hydrogen-bond acceptors (Lipinski definition) is 5. The minimum Gasteiger partial charge on any atom is -0.411 e. The minimum absolute atomic E-state index is 0.110. The first-order chi connectivity index (χ1) is 11.2. The first-order valence-corrected chi connectivity index (χ1v) is 8.71. The highest BCUT2D eigenvalue weighted by Crippen LogP contribution is 2.23. The molecule has 3 rings (SSSR count). The Labute approximate surface area is 138 Å². The second-order valence-electron chi connectivity index (χ2n) is 5.46. The molecule has 1 aromatic heterocycles. The van der Waals surface area contributed by atoms with Crippen LogP contribution in [-0.4, -0.2) is 39.8 Å². The van der Waals surface area contributed by atoms with E-state index in [9.17, 15) is 9.18 Å². The molecule has 0 atom stereocenters. The lowest BCUT2D eigenvalue weighted by atomic mass is 10.2. The van der Waals surface area contributed by atoms with Crippen molar-refractivity contribution in [3.63, 3.8) is 0 Å². The average molecular weight is 335 g/mol. The number of aromatic nitrogens is 2. The Morgan fingerprint density at radius 1 is 1.13 bits per heavy atom. The molecule has 0 N–H and O–H groups in total. The number of likely N-dealkylation sites (tertiary alicyclic amines) is 1. The van der Waals surface area contributed by atoms with Crippen LogP contribution in [0.4, 0.5) is 4.39 Å². The number of carbonyl (C=O) groups excluding carboxylic acids is 1. The van der Waals surface area contributed by atoms with Crippen LogP contribution in [0, 0.1) is 5.82 Å². The van der Waals surface area contributed by atoms with Gasteiger partial charge in [-0.15, -0.1) is 10.2 Å². The molecule has 23 heavy (non-hydrogen) atoms. The fourth-order valence-electron chi connectivity index (χ4n) is 2.51. The van der Waals surface area contributed by atoms with Crippen molar-refractivity contribution in [2.45, 2.75) is 30.9 Å². The molecule has 0 unspecified atom stereocenters. The van der Waals surface area contributed by atoms with Gasteiger partial charge in [0.2, 0.25) is 11.8 Å². The van der Waals surface area contributed by atoms with Gasteiger partial charge in [-0.3, -0.25) is 4.79 Å². The van der Waals surface area contributed by atoms with E-state index in [-0.39, 0.29) is 11.7 Å². The summed E-state index contributed by atoms with van der Waals surface area (Å²) in [5.41, 5.74) is 0.657. The quantitative estimate of drug-likeness (QED) is 0.802. The minimum atomic E-state index is -0.314. The zero-order valence-electron chi connectivity index (χ0n) is 12.7. The van der Waals surface area contributed by atoms with Crippen LogP contribution >= 0.6 is 11.8 Å². The van der Waals surface area contributed by atoms with Gasteiger partial charge in [0.05, 0.1) is 5.75 Å². The van der Waals surface area contributed by atoms with E-state index in [1.807, 2.05) is 4.90 Å². The average Bonchev–Trinajstić information content (AvgIpc) is 2.86. The first-order valence-electron chi connectivity index (χ1n) is 7.72. The fourth-order valence-corrected chi connectivity index (χ4v) is 3.18. The van der Waals surface area contributed by atoms with Crippen molar-refractivity contribution in [3.05, 3.63) is 30.1 Å². The second kappa shape index (κ2) is 7.59. The Balaban J connectivity index is 1.56. The molecular formula is C16H18FN3O2S. The van der Waals surface area contributed by atoms with Crippen molar-refractivity contribution in [2.75, 3.05) is 18.8 Å². The first kappa shape index (κ1) is 16.0. The number of halogens is 1. The molecule has 1 saturated heterocycles. The lowest BCUT2D eigenvalue weighted by molar-refractivity contribution is -0.128. The number of rotatable bonds is 4. The highest BCUT2D eigenvalue weighted by molar-refractivity contribution is 7.99. The maximum atomic E-state index is 12.9. The zero-order valence-corrected chi connectivity index (χ0v) is 13.5. The largest absolute Gasteiger partial charge is 0.411 e. The molecule has 0 bridgehead atoms. The summed E-state index contributed by atoms with van der Waals surface area (Å²) in [4.78, 5) is 14.1. The molecule has 1 aromatic carbocycles. The molecule has 1 aliphatic heterocycles. The summed E-state index contributed by atoms with van der Waals surface area (Å²) in [6, 6.07) is 5.85. The van der Waals surface area contributed by atoms with Crippen LogP contribution < -0.4 is 0 Å². The topological polar surface area (TPSA) is 59.2 Å². The van der Waals surface area contributed by atoms with Crippen LogP contribution in [0.5, 0.6) is 0 Å². The van der Waals surface area contributed by atoms with Gasteiger partial charge in [0.25, 0.3) is 5.22 Å². The predicted molar refractivity (Wildman–Crippen MR) is 85.5 cm³/mol. The van der Waals surface area contributed by atoms with Crippen LogP contribution in [0.3, 0.4) is 0 Å². The fraction of sp³-hybridized carbons (Fsp3) is 0.438. The number of nitrogens with zero attached hydrogens (tertiary/aromatic N) is 3. The summed E-state index contributed by atoms with van der Waals surface area (Å²) in [6.45, 7) is 1.67. The normalized spacial score (nSPS) is 15.4. The molecule has 2 aromatic rings. The van der Waals surface area contributed by atoms with E-state index in [2.05, 4.69) is 10.2 Å². The van der Waals surface area contributed by atoms with Gasteiger partial charge in [-0.25, -0.2) is 4.39 Å². The molecule has 0 spiro atoms. The molecular weight excluding hydrogens is 317 g/mol.